The number of nitrogens with zero attached hydrogens (tertiary/aromatic N) is 1. The first kappa shape index (κ1) is 12.4. The van der Waals surface area contributed by atoms with Gasteiger partial charge in [0.05, 0.1) is 5.69 Å². The highest BCUT2D eigenvalue weighted by molar-refractivity contribution is 9.10. The van der Waals surface area contributed by atoms with Crippen LogP contribution in [0.1, 0.15) is 24.4 Å². The molecule has 0 amide bonds. The molecular formula is C12H15BrN2O2. The zero-order valence-corrected chi connectivity index (χ0v) is 11.0. The number of carboxylic acid groups (broad SMARTS) is 1. The summed E-state index contributed by atoms with van der Waals surface area (Å²) < 4.78 is 0.911. The van der Waals surface area contributed by atoms with Crippen LogP contribution in [0.2, 0.25) is 0 Å². The fourth-order valence-corrected chi connectivity index (χ4v) is 2.72. The highest BCUT2D eigenvalue weighted by Gasteiger charge is 2.18. The Morgan fingerprint density at radius 1 is 1.41 bits per heavy atom. The van der Waals surface area contributed by atoms with Crippen molar-refractivity contribution in [3.8, 4) is 0 Å². The average Bonchev–Trinajstić information content (AvgIpc) is 2.81. The molecule has 0 spiro atoms. The van der Waals surface area contributed by atoms with Gasteiger partial charge in [0.1, 0.15) is 6.04 Å². The zero-order chi connectivity index (χ0) is 12.4. The van der Waals surface area contributed by atoms with Gasteiger partial charge in [-0.15, -0.1) is 0 Å². The summed E-state index contributed by atoms with van der Waals surface area (Å²) in [6.45, 7) is 2.12. The molecule has 17 heavy (non-hydrogen) atoms. The van der Waals surface area contributed by atoms with Crippen LogP contribution in [0.25, 0.3) is 0 Å². The normalized spacial score (nSPS) is 17.2. The van der Waals surface area contributed by atoms with Gasteiger partial charge in [-0.3, -0.25) is 4.79 Å². The van der Waals surface area contributed by atoms with E-state index in [1.807, 2.05) is 6.07 Å². The SMILES string of the molecule is NC(C(=O)O)c1ccc(N2CCCC2)c(Br)c1. The quantitative estimate of drug-likeness (QED) is 0.897. The maximum atomic E-state index is 10.8. The van der Waals surface area contributed by atoms with E-state index in [1.54, 1.807) is 12.1 Å². The first-order valence-corrected chi connectivity index (χ1v) is 6.41. The third-order valence-electron chi connectivity index (χ3n) is 3.04. The van der Waals surface area contributed by atoms with Crippen LogP contribution in [-0.2, 0) is 4.79 Å². The van der Waals surface area contributed by atoms with E-state index in [9.17, 15) is 4.79 Å². The standard InChI is InChI=1S/C12H15BrN2O2/c13-9-7-8(11(14)12(16)17)3-4-10(9)15-5-1-2-6-15/h3-4,7,11H,1-2,5-6,14H2,(H,16,17). The van der Waals surface area contributed by atoms with E-state index in [-0.39, 0.29) is 0 Å². The minimum absolute atomic E-state index is 0.618. The lowest BCUT2D eigenvalue weighted by atomic mass is 10.1. The van der Waals surface area contributed by atoms with Crippen molar-refractivity contribution in [2.24, 2.45) is 5.73 Å². The maximum absolute atomic E-state index is 10.8. The monoisotopic (exact) mass is 298 g/mol. The maximum Gasteiger partial charge on any atom is 0.325 e. The molecule has 1 aliphatic heterocycles. The van der Waals surface area contributed by atoms with Crippen molar-refractivity contribution in [3.63, 3.8) is 0 Å². The topological polar surface area (TPSA) is 66.6 Å². The lowest BCUT2D eigenvalue weighted by molar-refractivity contribution is -0.138. The van der Waals surface area contributed by atoms with Crippen molar-refractivity contribution in [2.45, 2.75) is 18.9 Å². The van der Waals surface area contributed by atoms with Crippen molar-refractivity contribution < 1.29 is 9.90 Å². The van der Waals surface area contributed by atoms with Crippen LogP contribution < -0.4 is 10.6 Å². The molecule has 92 valence electrons. The second-order valence-corrected chi connectivity index (χ2v) is 5.08. The number of rotatable bonds is 3. The molecule has 1 atom stereocenters. The van der Waals surface area contributed by atoms with Gasteiger partial charge in [0.15, 0.2) is 0 Å². The number of anilines is 1. The highest BCUT2D eigenvalue weighted by Crippen LogP contribution is 2.31. The predicted molar refractivity (Wildman–Crippen MR) is 70.2 cm³/mol. The van der Waals surface area contributed by atoms with E-state index in [0.717, 1.165) is 23.2 Å². The molecule has 1 aliphatic rings. The van der Waals surface area contributed by atoms with Crippen LogP contribution in [-0.4, -0.2) is 24.2 Å². The molecule has 1 aromatic carbocycles. The van der Waals surface area contributed by atoms with Crippen LogP contribution in [0, 0.1) is 0 Å². The zero-order valence-electron chi connectivity index (χ0n) is 9.40. The fourth-order valence-electron chi connectivity index (χ4n) is 2.07. The van der Waals surface area contributed by atoms with Gasteiger partial charge in [-0.25, -0.2) is 0 Å². The van der Waals surface area contributed by atoms with E-state index in [0.29, 0.717) is 5.56 Å². The van der Waals surface area contributed by atoms with Crippen molar-refractivity contribution in [1.82, 2.24) is 0 Å². The van der Waals surface area contributed by atoms with Crippen molar-refractivity contribution in [2.75, 3.05) is 18.0 Å². The molecule has 0 bridgehead atoms. The molecule has 0 saturated carbocycles. The van der Waals surface area contributed by atoms with Crippen LogP contribution in [0.15, 0.2) is 22.7 Å². The Morgan fingerprint density at radius 2 is 2.06 bits per heavy atom. The average molecular weight is 299 g/mol. The summed E-state index contributed by atoms with van der Waals surface area (Å²) in [6.07, 6.45) is 2.42. The molecule has 5 heteroatoms. The van der Waals surface area contributed by atoms with Crippen LogP contribution in [0.5, 0.6) is 0 Å². The Hall–Kier alpha value is -1.07. The Bertz CT molecular complexity index is 431. The third kappa shape index (κ3) is 2.61. The third-order valence-corrected chi connectivity index (χ3v) is 3.68. The molecule has 0 radical (unpaired) electrons. The van der Waals surface area contributed by atoms with E-state index in [4.69, 9.17) is 10.8 Å². The molecule has 1 heterocycles. The molecule has 1 saturated heterocycles. The second-order valence-electron chi connectivity index (χ2n) is 4.22. The number of nitrogens with two attached hydrogens (primary N) is 1. The number of aliphatic carboxylic acids is 1. The summed E-state index contributed by atoms with van der Waals surface area (Å²) in [5.74, 6) is -1.01. The molecule has 1 unspecified atom stereocenters. The largest absolute Gasteiger partial charge is 0.480 e. The van der Waals surface area contributed by atoms with Gasteiger partial charge in [-0.1, -0.05) is 6.07 Å². The summed E-state index contributed by atoms with van der Waals surface area (Å²) in [4.78, 5) is 13.1. The minimum Gasteiger partial charge on any atom is -0.480 e. The van der Waals surface area contributed by atoms with E-state index >= 15 is 0 Å². The Kier molecular flexibility index (Phi) is 3.69. The van der Waals surface area contributed by atoms with Crippen LogP contribution >= 0.6 is 15.9 Å². The Balaban J connectivity index is 2.25. The van der Waals surface area contributed by atoms with Crippen molar-refractivity contribution >= 4 is 27.6 Å². The highest BCUT2D eigenvalue weighted by atomic mass is 79.9. The van der Waals surface area contributed by atoms with Gasteiger partial charge in [0.25, 0.3) is 0 Å². The van der Waals surface area contributed by atoms with E-state index in [2.05, 4.69) is 20.8 Å². The van der Waals surface area contributed by atoms with Crippen LogP contribution in [0.3, 0.4) is 0 Å². The molecule has 1 aromatic rings. The molecule has 2 rings (SSSR count). The first-order chi connectivity index (χ1) is 8.09. The van der Waals surface area contributed by atoms with Gasteiger partial charge in [0, 0.05) is 17.6 Å². The van der Waals surface area contributed by atoms with E-state index in [1.165, 1.54) is 12.8 Å². The number of benzene rings is 1. The number of hydrogen-bond acceptors (Lipinski definition) is 3. The van der Waals surface area contributed by atoms with Crippen molar-refractivity contribution in [3.05, 3.63) is 28.2 Å². The van der Waals surface area contributed by atoms with E-state index < -0.39 is 12.0 Å². The first-order valence-electron chi connectivity index (χ1n) is 5.62. The summed E-state index contributed by atoms with van der Waals surface area (Å²) >= 11 is 3.48. The second kappa shape index (κ2) is 5.06. The molecular weight excluding hydrogens is 284 g/mol. The number of hydrogen-bond donors (Lipinski definition) is 2. The van der Waals surface area contributed by atoms with Crippen LogP contribution in [0.4, 0.5) is 5.69 Å². The molecule has 0 aliphatic carbocycles. The van der Waals surface area contributed by atoms with Gasteiger partial charge >= 0.3 is 5.97 Å². The van der Waals surface area contributed by atoms with Gasteiger partial charge in [-0.05, 0) is 46.5 Å². The summed E-state index contributed by atoms with van der Waals surface area (Å²) in [7, 11) is 0. The number of carboxylic acids is 1. The molecule has 3 N–H and O–H groups in total. The van der Waals surface area contributed by atoms with Gasteiger partial charge in [0.2, 0.25) is 0 Å². The minimum atomic E-state index is -1.01. The summed E-state index contributed by atoms with van der Waals surface area (Å²) in [5.41, 5.74) is 7.31. The Labute approximate surface area is 109 Å². The van der Waals surface area contributed by atoms with Gasteiger partial charge in [-0.2, -0.15) is 0 Å². The molecule has 1 fully saturated rings. The summed E-state index contributed by atoms with van der Waals surface area (Å²) in [6, 6.07) is 4.57. The van der Waals surface area contributed by atoms with Gasteiger partial charge < -0.3 is 15.7 Å². The molecule has 4 nitrogen and oxygen atoms in total. The predicted octanol–water partition coefficient (Wildman–Crippen LogP) is 2.13. The molecule has 0 aromatic heterocycles. The lowest BCUT2D eigenvalue weighted by Gasteiger charge is -2.20. The van der Waals surface area contributed by atoms with Crippen molar-refractivity contribution in [1.29, 1.82) is 0 Å². The fraction of sp³-hybridized carbons (Fsp3) is 0.417. The Morgan fingerprint density at radius 3 is 2.59 bits per heavy atom. The number of halogens is 1. The number of carbonyl (C=O) groups is 1. The smallest absolute Gasteiger partial charge is 0.325 e. The lowest BCUT2D eigenvalue weighted by Crippen LogP contribution is -2.21. The summed E-state index contributed by atoms with van der Waals surface area (Å²) in [5, 5.41) is 8.86.